The van der Waals surface area contributed by atoms with Crippen molar-refractivity contribution in [3.8, 4) is 17.3 Å². The van der Waals surface area contributed by atoms with Crippen molar-refractivity contribution in [2.45, 2.75) is 24.9 Å². The van der Waals surface area contributed by atoms with Gasteiger partial charge in [0, 0.05) is 36.8 Å². The number of nitrogens with zero attached hydrogens (tertiary/aromatic N) is 4. The number of aromatic nitrogens is 2. The quantitative estimate of drug-likeness (QED) is 0.704. The van der Waals surface area contributed by atoms with Crippen LogP contribution in [0.2, 0.25) is 0 Å². The third-order valence-corrected chi connectivity index (χ3v) is 5.67. The first kappa shape index (κ1) is 20.6. The van der Waals surface area contributed by atoms with Crippen LogP contribution in [-0.4, -0.2) is 44.6 Å². The molecular formula is C24H21FN4O2. The molecule has 0 radical (unpaired) electrons. The summed E-state index contributed by atoms with van der Waals surface area (Å²) in [5, 5.41) is 19.9. The summed E-state index contributed by atoms with van der Waals surface area (Å²) in [5.41, 5.74) is 1.89. The molecule has 2 aromatic carbocycles. The number of amides is 1. The van der Waals surface area contributed by atoms with Crippen LogP contribution in [0.4, 0.5) is 4.39 Å². The zero-order valence-corrected chi connectivity index (χ0v) is 16.8. The minimum Gasteiger partial charge on any atom is -0.389 e. The Bertz CT molecular complexity index is 1120. The van der Waals surface area contributed by atoms with Gasteiger partial charge in [-0.25, -0.2) is 14.4 Å². The second kappa shape index (κ2) is 8.62. The molecule has 0 unspecified atom stereocenters. The van der Waals surface area contributed by atoms with Crippen LogP contribution < -0.4 is 0 Å². The average molecular weight is 416 g/mol. The Morgan fingerprint density at radius 2 is 1.90 bits per heavy atom. The zero-order valence-electron chi connectivity index (χ0n) is 16.8. The number of halogens is 1. The third-order valence-electron chi connectivity index (χ3n) is 5.67. The molecule has 1 amide bonds. The highest BCUT2D eigenvalue weighted by molar-refractivity contribution is 6.00. The summed E-state index contributed by atoms with van der Waals surface area (Å²) in [6.07, 6.45) is 4.24. The van der Waals surface area contributed by atoms with E-state index in [1.165, 1.54) is 24.5 Å². The Balaban J connectivity index is 1.48. The molecule has 0 saturated carbocycles. The smallest absolute Gasteiger partial charge is 0.254 e. The van der Waals surface area contributed by atoms with E-state index in [4.69, 9.17) is 5.26 Å². The highest BCUT2D eigenvalue weighted by Gasteiger charge is 2.34. The lowest BCUT2D eigenvalue weighted by atomic mass is 9.85. The summed E-state index contributed by atoms with van der Waals surface area (Å²) in [6, 6.07) is 14.9. The van der Waals surface area contributed by atoms with Crippen LogP contribution in [0.1, 0.15) is 34.3 Å². The number of carbonyl (C=O) groups is 1. The minimum atomic E-state index is -0.913. The van der Waals surface area contributed by atoms with Gasteiger partial charge in [-0.2, -0.15) is 5.26 Å². The molecule has 1 N–H and O–H groups in total. The number of nitriles is 1. The molecule has 4 rings (SSSR count). The van der Waals surface area contributed by atoms with Crippen molar-refractivity contribution in [1.82, 2.24) is 14.9 Å². The second-order valence-electron chi connectivity index (χ2n) is 7.79. The molecule has 1 fully saturated rings. The summed E-state index contributed by atoms with van der Waals surface area (Å²) in [5.74, 6) is -0.658. The van der Waals surface area contributed by atoms with Crippen molar-refractivity contribution in [2.75, 3.05) is 13.1 Å². The first-order chi connectivity index (χ1) is 15.0. The maximum absolute atomic E-state index is 13.9. The molecule has 0 aliphatic carbocycles. The minimum absolute atomic E-state index is 0.214. The van der Waals surface area contributed by atoms with Gasteiger partial charge in [0.05, 0.1) is 22.9 Å². The second-order valence-corrected chi connectivity index (χ2v) is 7.79. The number of rotatable bonds is 4. The van der Waals surface area contributed by atoms with Crippen LogP contribution in [0.25, 0.3) is 11.3 Å². The van der Waals surface area contributed by atoms with Gasteiger partial charge in [0.15, 0.2) is 0 Å². The number of piperidine rings is 1. The molecule has 6 nitrogen and oxygen atoms in total. The Morgan fingerprint density at radius 1 is 1.16 bits per heavy atom. The predicted octanol–water partition coefficient (Wildman–Crippen LogP) is 3.36. The standard InChI is InChI=1S/C24H21FN4O2/c25-19-5-6-20(21(13-19)22-7-10-27-16-28-22)23(30)29-11-8-24(31,9-12-29)14-17-1-3-18(15-26)4-2-17/h1-7,10,13,16,31H,8-9,11-12,14H2. The average Bonchev–Trinajstić information content (AvgIpc) is 2.80. The van der Waals surface area contributed by atoms with Gasteiger partial charge in [0.25, 0.3) is 5.91 Å². The van der Waals surface area contributed by atoms with E-state index in [1.807, 2.05) is 12.1 Å². The molecule has 3 aromatic rings. The van der Waals surface area contributed by atoms with Crippen LogP contribution in [0.15, 0.2) is 61.1 Å². The van der Waals surface area contributed by atoms with Crippen molar-refractivity contribution < 1.29 is 14.3 Å². The maximum atomic E-state index is 13.9. The molecule has 2 heterocycles. The molecule has 0 spiro atoms. The summed E-state index contributed by atoms with van der Waals surface area (Å²) in [7, 11) is 0. The van der Waals surface area contributed by atoms with Crippen molar-refractivity contribution in [1.29, 1.82) is 5.26 Å². The maximum Gasteiger partial charge on any atom is 0.254 e. The molecule has 1 aromatic heterocycles. The van der Waals surface area contributed by atoms with E-state index >= 15 is 0 Å². The van der Waals surface area contributed by atoms with E-state index in [-0.39, 0.29) is 5.91 Å². The number of likely N-dealkylation sites (tertiary alicyclic amines) is 1. The van der Waals surface area contributed by atoms with Gasteiger partial charge >= 0.3 is 0 Å². The lowest BCUT2D eigenvalue weighted by molar-refractivity contribution is -0.0162. The SMILES string of the molecule is N#Cc1ccc(CC2(O)CCN(C(=O)c3ccc(F)cc3-c3ccncn3)CC2)cc1. The summed E-state index contributed by atoms with van der Waals surface area (Å²) >= 11 is 0. The van der Waals surface area contributed by atoms with Crippen LogP contribution >= 0.6 is 0 Å². The van der Waals surface area contributed by atoms with Crippen LogP contribution in [0.5, 0.6) is 0 Å². The summed E-state index contributed by atoms with van der Waals surface area (Å²) < 4.78 is 13.9. The molecule has 31 heavy (non-hydrogen) atoms. The Kier molecular flexibility index (Phi) is 5.74. The van der Waals surface area contributed by atoms with Crippen LogP contribution in [-0.2, 0) is 6.42 Å². The molecule has 0 atom stereocenters. The lowest BCUT2D eigenvalue weighted by Crippen LogP contribution is -2.47. The van der Waals surface area contributed by atoms with Gasteiger partial charge in [0.1, 0.15) is 12.1 Å². The van der Waals surface area contributed by atoms with E-state index < -0.39 is 11.4 Å². The van der Waals surface area contributed by atoms with Crippen molar-refractivity contribution in [2.24, 2.45) is 0 Å². The summed E-state index contributed by atoms with van der Waals surface area (Å²) in [4.78, 5) is 22.9. The van der Waals surface area contributed by atoms with Gasteiger partial charge < -0.3 is 10.0 Å². The Morgan fingerprint density at radius 3 is 2.55 bits per heavy atom. The first-order valence-electron chi connectivity index (χ1n) is 10.0. The lowest BCUT2D eigenvalue weighted by Gasteiger charge is -2.38. The van der Waals surface area contributed by atoms with Gasteiger partial charge in [-0.15, -0.1) is 0 Å². The molecule has 7 heteroatoms. The van der Waals surface area contributed by atoms with Gasteiger partial charge in [-0.1, -0.05) is 12.1 Å². The van der Waals surface area contributed by atoms with Crippen LogP contribution in [0, 0.1) is 17.1 Å². The van der Waals surface area contributed by atoms with Crippen molar-refractivity contribution in [3.63, 3.8) is 0 Å². The predicted molar refractivity (Wildman–Crippen MR) is 112 cm³/mol. The number of benzene rings is 2. The van der Waals surface area contributed by atoms with Crippen molar-refractivity contribution in [3.05, 3.63) is 83.6 Å². The van der Waals surface area contributed by atoms with Crippen molar-refractivity contribution >= 4 is 5.91 Å². The van der Waals surface area contributed by atoms with Gasteiger partial charge in [-0.05, 0) is 54.8 Å². The molecule has 1 aliphatic rings. The fourth-order valence-electron chi connectivity index (χ4n) is 3.92. The van der Waals surface area contributed by atoms with E-state index in [1.54, 1.807) is 29.3 Å². The zero-order chi connectivity index (χ0) is 21.8. The number of aliphatic hydroxyl groups is 1. The number of carbonyl (C=O) groups excluding carboxylic acids is 1. The van der Waals surface area contributed by atoms with Gasteiger partial charge in [0.2, 0.25) is 0 Å². The van der Waals surface area contributed by atoms with Gasteiger partial charge in [-0.3, -0.25) is 4.79 Å². The first-order valence-corrected chi connectivity index (χ1v) is 10.0. The summed E-state index contributed by atoms with van der Waals surface area (Å²) in [6.45, 7) is 0.790. The normalized spacial score (nSPS) is 15.3. The third kappa shape index (κ3) is 4.60. The molecular weight excluding hydrogens is 395 g/mol. The highest BCUT2D eigenvalue weighted by Crippen LogP contribution is 2.29. The fourth-order valence-corrected chi connectivity index (χ4v) is 3.92. The number of hydrogen-bond donors (Lipinski definition) is 1. The monoisotopic (exact) mass is 416 g/mol. The molecule has 1 aliphatic heterocycles. The van der Waals surface area contributed by atoms with E-state index in [9.17, 15) is 14.3 Å². The molecule has 0 bridgehead atoms. The molecule has 1 saturated heterocycles. The number of hydrogen-bond acceptors (Lipinski definition) is 5. The van der Waals surface area contributed by atoms with E-state index in [0.717, 1.165) is 5.56 Å². The fraction of sp³-hybridized carbons (Fsp3) is 0.250. The van der Waals surface area contributed by atoms with Crippen LogP contribution in [0.3, 0.4) is 0 Å². The molecule has 156 valence electrons. The topological polar surface area (TPSA) is 90.1 Å². The van der Waals surface area contributed by atoms with E-state index in [0.29, 0.717) is 54.7 Å². The Hall–Kier alpha value is -3.63. The Labute approximate surface area is 179 Å². The van der Waals surface area contributed by atoms with E-state index in [2.05, 4.69) is 16.0 Å². The highest BCUT2D eigenvalue weighted by atomic mass is 19.1. The largest absolute Gasteiger partial charge is 0.389 e.